The molecule has 140 valence electrons. The maximum atomic E-state index is 5.37. The predicted molar refractivity (Wildman–Crippen MR) is 107 cm³/mol. The van der Waals surface area contributed by atoms with Crippen LogP contribution >= 0.6 is 0 Å². The number of anilines is 1. The zero-order valence-electron chi connectivity index (χ0n) is 15.4. The van der Waals surface area contributed by atoms with Crippen LogP contribution in [0.2, 0.25) is 0 Å². The molecule has 8 nitrogen and oxygen atoms in total. The number of hydrogen-bond donors (Lipinski definition) is 1. The monoisotopic (exact) mass is 374 g/mol. The fraction of sp³-hybridized carbons (Fsp3) is 0.100. The number of fused-ring (bicyclic) bond motifs is 1. The third-order valence-electron chi connectivity index (χ3n) is 4.12. The zero-order chi connectivity index (χ0) is 19.3. The van der Waals surface area contributed by atoms with Gasteiger partial charge in [0, 0.05) is 17.2 Å². The van der Waals surface area contributed by atoms with Gasteiger partial charge in [0.05, 0.1) is 20.4 Å². The molecule has 0 aliphatic heterocycles. The van der Waals surface area contributed by atoms with Crippen molar-refractivity contribution in [2.24, 2.45) is 5.10 Å². The van der Waals surface area contributed by atoms with Gasteiger partial charge in [-0.3, -0.25) is 5.43 Å². The number of aromatic nitrogens is 4. The summed E-state index contributed by atoms with van der Waals surface area (Å²) in [5.41, 5.74) is 5.33. The molecule has 0 unspecified atom stereocenters. The topological polar surface area (TPSA) is 85.9 Å². The van der Waals surface area contributed by atoms with E-state index in [-0.39, 0.29) is 0 Å². The Hall–Kier alpha value is -3.94. The van der Waals surface area contributed by atoms with E-state index in [2.05, 4.69) is 25.8 Å². The first-order valence-corrected chi connectivity index (χ1v) is 8.57. The smallest absolute Gasteiger partial charge is 0.185 e. The minimum Gasteiger partial charge on any atom is -0.497 e. The maximum Gasteiger partial charge on any atom is 0.185 e. The summed E-state index contributed by atoms with van der Waals surface area (Å²) in [6.07, 6.45) is 1.66. The van der Waals surface area contributed by atoms with Crippen molar-refractivity contribution in [1.82, 2.24) is 19.8 Å². The van der Waals surface area contributed by atoms with Crippen LogP contribution in [0.15, 0.2) is 65.8 Å². The number of rotatable bonds is 6. The van der Waals surface area contributed by atoms with Gasteiger partial charge in [-0.05, 0) is 24.3 Å². The van der Waals surface area contributed by atoms with E-state index in [0.29, 0.717) is 23.0 Å². The molecule has 2 heterocycles. The number of benzene rings is 2. The largest absolute Gasteiger partial charge is 0.497 e. The van der Waals surface area contributed by atoms with Crippen LogP contribution in [0, 0.1) is 0 Å². The summed E-state index contributed by atoms with van der Waals surface area (Å²) in [5.74, 6) is 2.61. The SMILES string of the molecule is COc1ccc(/C=N\Nc2ccc3nnc(-c4ccccc4)n3n2)c(OC)c1. The molecule has 28 heavy (non-hydrogen) atoms. The molecule has 0 fully saturated rings. The van der Waals surface area contributed by atoms with Gasteiger partial charge in [0.25, 0.3) is 0 Å². The minimum atomic E-state index is 0.563. The average Bonchev–Trinajstić information content (AvgIpc) is 3.18. The summed E-state index contributed by atoms with van der Waals surface area (Å²) >= 11 is 0. The summed E-state index contributed by atoms with van der Waals surface area (Å²) in [6.45, 7) is 0. The minimum absolute atomic E-state index is 0.563. The summed E-state index contributed by atoms with van der Waals surface area (Å²) < 4.78 is 12.3. The highest BCUT2D eigenvalue weighted by Crippen LogP contribution is 2.23. The van der Waals surface area contributed by atoms with Crippen LogP contribution in [0.1, 0.15) is 5.56 Å². The van der Waals surface area contributed by atoms with E-state index in [1.54, 1.807) is 37.1 Å². The van der Waals surface area contributed by atoms with Gasteiger partial charge in [-0.1, -0.05) is 30.3 Å². The Balaban J connectivity index is 1.58. The van der Waals surface area contributed by atoms with Gasteiger partial charge in [0.15, 0.2) is 17.3 Å². The third-order valence-corrected chi connectivity index (χ3v) is 4.12. The Morgan fingerprint density at radius 3 is 2.61 bits per heavy atom. The fourth-order valence-corrected chi connectivity index (χ4v) is 2.71. The Morgan fingerprint density at radius 1 is 0.964 bits per heavy atom. The summed E-state index contributed by atoms with van der Waals surface area (Å²) in [5, 5.41) is 17.2. The van der Waals surface area contributed by atoms with Crippen LogP contribution in [0.5, 0.6) is 11.5 Å². The lowest BCUT2D eigenvalue weighted by atomic mass is 10.2. The standard InChI is InChI=1S/C20H18N6O2/c1-27-16-9-8-15(17(12-16)28-2)13-21-22-18-10-11-19-23-24-20(26(19)25-18)14-6-4-3-5-7-14/h3-13H,1-2H3,(H,22,25)/b21-13-. The molecule has 0 saturated heterocycles. The van der Waals surface area contributed by atoms with E-state index in [1.165, 1.54) is 0 Å². The second-order valence-electron chi connectivity index (χ2n) is 5.86. The second kappa shape index (κ2) is 7.75. The molecule has 0 bridgehead atoms. The van der Waals surface area contributed by atoms with E-state index in [4.69, 9.17) is 9.47 Å². The maximum absolute atomic E-state index is 5.37. The molecule has 4 aromatic rings. The number of nitrogens with one attached hydrogen (secondary N) is 1. The fourth-order valence-electron chi connectivity index (χ4n) is 2.71. The van der Waals surface area contributed by atoms with Crippen LogP contribution in [0.4, 0.5) is 5.82 Å². The Morgan fingerprint density at radius 2 is 1.82 bits per heavy atom. The van der Waals surface area contributed by atoms with Gasteiger partial charge in [-0.2, -0.15) is 9.62 Å². The number of ether oxygens (including phenoxy) is 2. The Bertz CT molecular complexity index is 1120. The van der Waals surface area contributed by atoms with Crippen molar-refractivity contribution < 1.29 is 9.47 Å². The summed E-state index contributed by atoms with van der Waals surface area (Å²) in [7, 11) is 3.22. The van der Waals surface area contributed by atoms with Gasteiger partial charge in [0.2, 0.25) is 0 Å². The van der Waals surface area contributed by atoms with Crippen LogP contribution < -0.4 is 14.9 Å². The Labute approximate surface area is 161 Å². The van der Waals surface area contributed by atoms with Gasteiger partial charge in [-0.25, -0.2) is 0 Å². The van der Waals surface area contributed by atoms with Crippen molar-refractivity contribution in [2.75, 3.05) is 19.6 Å². The molecular formula is C20H18N6O2. The first-order valence-electron chi connectivity index (χ1n) is 8.57. The van der Waals surface area contributed by atoms with Gasteiger partial charge in [-0.15, -0.1) is 15.3 Å². The lowest BCUT2D eigenvalue weighted by Gasteiger charge is -2.07. The normalized spacial score (nSPS) is 11.1. The molecule has 8 heteroatoms. The summed E-state index contributed by atoms with van der Waals surface area (Å²) in [6, 6.07) is 18.9. The first kappa shape index (κ1) is 17.5. The summed E-state index contributed by atoms with van der Waals surface area (Å²) in [4.78, 5) is 0. The van der Waals surface area contributed by atoms with Gasteiger partial charge >= 0.3 is 0 Å². The molecule has 0 radical (unpaired) electrons. The number of hydrogen-bond acceptors (Lipinski definition) is 7. The van der Waals surface area contributed by atoms with E-state index in [9.17, 15) is 0 Å². The molecule has 2 aromatic heterocycles. The van der Waals surface area contributed by atoms with Crippen molar-refractivity contribution in [3.63, 3.8) is 0 Å². The molecule has 0 amide bonds. The molecule has 0 atom stereocenters. The molecule has 4 rings (SSSR count). The number of methoxy groups -OCH3 is 2. The van der Waals surface area contributed by atoms with Crippen molar-refractivity contribution in [1.29, 1.82) is 0 Å². The Kier molecular flexibility index (Phi) is 4.83. The lowest BCUT2D eigenvalue weighted by molar-refractivity contribution is 0.394. The quantitative estimate of drug-likeness (QED) is 0.412. The van der Waals surface area contributed by atoms with E-state index in [0.717, 1.165) is 16.9 Å². The van der Waals surface area contributed by atoms with E-state index >= 15 is 0 Å². The van der Waals surface area contributed by atoms with Crippen LogP contribution in [0.25, 0.3) is 17.0 Å². The van der Waals surface area contributed by atoms with Gasteiger partial charge in [0.1, 0.15) is 11.5 Å². The number of nitrogens with zero attached hydrogens (tertiary/aromatic N) is 5. The zero-order valence-corrected chi connectivity index (χ0v) is 15.4. The molecule has 1 N–H and O–H groups in total. The number of hydrazone groups is 1. The van der Waals surface area contributed by atoms with Crippen molar-refractivity contribution >= 4 is 17.7 Å². The van der Waals surface area contributed by atoms with E-state index < -0.39 is 0 Å². The average molecular weight is 374 g/mol. The highest BCUT2D eigenvalue weighted by Gasteiger charge is 2.09. The highest BCUT2D eigenvalue weighted by atomic mass is 16.5. The van der Waals surface area contributed by atoms with Crippen LogP contribution in [-0.2, 0) is 0 Å². The van der Waals surface area contributed by atoms with Crippen molar-refractivity contribution in [3.8, 4) is 22.9 Å². The first-order chi connectivity index (χ1) is 13.8. The molecule has 0 aliphatic rings. The van der Waals surface area contributed by atoms with Crippen molar-refractivity contribution in [2.45, 2.75) is 0 Å². The molecular weight excluding hydrogens is 356 g/mol. The third kappa shape index (κ3) is 3.48. The molecule has 2 aromatic carbocycles. The lowest BCUT2D eigenvalue weighted by Crippen LogP contribution is -2.01. The van der Waals surface area contributed by atoms with Gasteiger partial charge < -0.3 is 9.47 Å². The molecule has 0 spiro atoms. The van der Waals surface area contributed by atoms with Crippen molar-refractivity contribution in [3.05, 3.63) is 66.2 Å². The second-order valence-corrected chi connectivity index (χ2v) is 5.86. The van der Waals surface area contributed by atoms with Crippen LogP contribution in [0.3, 0.4) is 0 Å². The highest BCUT2D eigenvalue weighted by molar-refractivity contribution is 5.84. The predicted octanol–water partition coefficient (Wildman–Crippen LogP) is 3.25. The van der Waals surface area contributed by atoms with E-state index in [1.807, 2.05) is 48.5 Å². The molecule has 0 saturated carbocycles. The van der Waals surface area contributed by atoms with Crippen LogP contribution in [-0.4, -0.2) is 40.2 Å². The molecule has 0 aliphatic carbocycles.